The molecule has 0 radical (unpaired) electrons. The Morgan fingerprint density at radius 1 is 1.33 bits per heavy atom. The van der Waals surface area contributed by atoms with E-state index in [2.05, 4.69) is 27.1 Å². The molecule has 6 heteroatoms. The first-order chi connectivity index (χ1) is 11.7. The van der Waals surface area contributed by atoms with E-state index in [0.717, 1.165) is 31.6 Å². The largest absolute Gasteiger partial charge is 0.354 e. The zero-order valence-electron chi connectivity index (χ0n) is 13.7. The van der Waals surface area contributed by atoms with Gasteiger partial charge >= 0.3 is 0 Å². The number of nitrogens with zero attached hydrogens (tertiary/aromatic N) is 3. The third-order valence-electron chi connectivity index (χ3n) is 4.36. The normalized spacial score (nSPS) is 17.6. The van der Waals surface area contributed by atoms with E-state index >= 15 is 0 Å². The molecule has 1 amide bonds. The molecule has 1 saturated heterocycles. The molecular weight excluding hydrogens is 307 g/mol. The van der Waals surface area contributed by atoms with Gasteiger partial charge in [-0.1, -0.05) is 13.0 Å². The molecule has 0 bridgehead atoms. The van der Waals surface area contributed by atoms with Crippen LogP contribution in [0.2, 0.25) is 0 Å². The van der Waals surface area contributed by atoms with Crippen LogP contribution in [-0.2, 0) is 0 Å². The average molecular weight is 328 g/mol. The van der Waals surface area contributed by atoms with Gasteiger partial charge in [0.2, 0.25) is 0 Å². The maximum Gasteiger partial charge on any atom is 0.274 e. The molecule has 1 atom stereocenters. The lowest BCUT2D eigenvalue weighted by Gasteiger charge is -2.36. The third-order valence-corrected chi connectivity index (χ3v) is 4.36. The fraction of sp³-hybridized carbons (Fsp3) is 0.389. The fourth-order valence-electron chi connectivity index (χ4n) is 3.12. The molecule has 1 N–H and O–H groups in total. The van der Waals surface area contributed by atoms with Crippen molar-refractivity contribution in [2.75, 3.05) is 16.8 Å². The lowest BCUT2D eigenvalue weighted by Crippen LogP contribution is -2.39. The second kappa shape index (κ2) is 7.38. The molecule has 24 heavy (non-hydrogen) atoms. The van der Waals surface area contributed by atoms with Crippen molar-refractivity contribution in [1.82, 2.24) is 9.97 Å². The number of carbonyl (C=O) groups excluding carboxylic acids is 1. The maximum absolute atomic E-state index is 13.2. The predicted octanol–water partition coefficient (Wildman–Crippen LogP) is 3.64. The summed E-state index contributed by atoms with van der Waals surface area (Å²) in [6, 6.07) is 7.96. The van der Waals surface area contributed by atoms with Crippen LogP contribution in [0.1, 0.15) is 43.1 Å². The number of carbonyl (C=O) groups is 1. The molecule has 1 fully saturated rings. The van der Waals surface area contributed by atoms with Crippen LogP contribution in [0.25, 0.3) is 0 Å². The summed E-state index contributed by atoms with van der Waals surface area (Å²) in [6.45, 7) is 3.11. The second-order valence-electron chi connectivity index (χ2n) is 5.98. The maximum atomic E-state index is 13.2. The van der Waals surface area contributed by atoms with Gasteiger partial charge in [0.1, 0.15) is 23.7 Å². The molecule has 2 heterocycles. The summed E-state index contributed by atoms with van der Waals surface area (Å²) < 4.78 is 13.2. The topological polar surface area (TPSA) is 58.1 Å². The number of aromatic nitrogens is 2. The second-order valence-corrected chi connectivity index (χ2v) is 5.98. The summed E-state index contributed by atoms with van der Waals surface area (Å²) in [5, 5.41) is 2.67. The van der Waals surface area contributed by atoms with Crippen LogP contribution in [0, 0.1) is 5.82 Å². The Morgan fingerprint density at radius 2 is 2.21 bits per heavy atom. The molecule has 5 nitrogen and oxygen atoms in total. The van der Waals surface area contributed by atoms with Crippen molar-refractivity contribution >= 4 is 17.4 Å². The van der Waals surface area contributed by atoms with Gasteiger partial charge in [-0.25, -0.2) is 14.4 Å². The van der Waals surface area contributed by atoms with Crippen molar-refractivity contribution in [2.24, 2.45) is 0 Å². The third kappa shape index (κ3) is 3.69. The summed E-state index contributed by atoms with van der Waals surface area (Å²) in [4.78, 5) is 23.0. The number of piperidine rings is 1. The monoisotopic (exact) mass is 328 g/mol. The minimum Gasteiger partial charge on any atom is -0.354 e. The van der Waals surface area contributed by atoms with Crippen molar-refractivity contribution in [3.63, 3.8) is 0 Å². The van der Waals surface area contributed by atoms with Crippen LogP contribution >= 0.6 is 0 Å². The van der Waals surface area contributed by atoms with Crippen LogP contribution in [-0.4, -0.2) is 28.5 Å². The molecule has 126 valence electrons. The molecule has 0 spiro atoms. The summed E-state index contributed by atoms with van der Waals surface area (Å²) in [6.07, 6.45) is 5.97. The lowest BCUT2D eigenvalue weighted by atomic mass is 10.00. The van der Waals surface area contributed by atoms with E-state index in [-0.39, 0.29) is 11.6 Å². The van der Waals surface area contributed by atoms with Crippen LogP contribution in [0.15, 0.2) is 36.7 Å². The average Bonchev–Trinajstić information content (AvgIpc) is 2.62. The minimum atomic E-state index is -0.393. The van der Waals surface area contributed by atoms with Crippen molar-refractivity contribution in [2.45, 2.75) is 38.6 Å². The smallest absolute Gasteiger partial charge is 0.274 e. The SMILES string of the molecule is CCC1CCCCN1c1cc(C(=O)Nc2cccc(F)c2)ncn1. The number of hydrogen-bond acceptors (Lipinski definition) is 4. The molecule has 1 aliphatic heterocycles. The van der Waals surface area contributed by atoms with E-state index in [1.54, 1.807) is 18.2 Å². The summed E-state index contributed by atoms with van der Waals surface area (Å²) >= 11 is 0. The molecule has 0 aliphatic carbocycles. The van der Waals surface area contributed by atoms with Crippen LogP contribution in [0.3, 0.4) is 0 Å². The van der Waals surface area contributed by atoms with Gasteiger partial charge in [-0.05, 0) is 43.9 Å². The number of benzene rings is 1. The first kappa shape index (κ1) is 16.4. The highest BCUT2D eigenvalue weighted by molar-refractivity contribution is 6.03. The van der Waals surface area contributed by atoms with Gasteiger partial charge in [-0.3, -0.25) is 4.79 Å². The molecule has 1 aromatic carbocycles. The Labute approximate surface area is 140 Å². The number of halogens is 1. The Balaban J connectivity index is 1.78. The first-order valence-electron chi connectivity index (χ1n) is 8.33. The summed E-state index contributed by atoms with van der Waals surface area (Å²) in [5.74, 6) is 0.0190. The Kier molecular flexibility index (Phi) is 5.03. The molecule has 2 aromatic rings. The van der Waals surface area contributed by atoms with E-state index in [4.69, 9.17) is 0 Å². The standard InChI is InChI=1S/C18H21FN4O/c1-2-15-8-3-4-9-23(15)17-11-16(20-12-21-17)18(24)22-14-7-5-6-13(19)10-14/h5-7,10-12,15H,2-4,8-9H2,1H3,(H,22,24). The van der Waals surface area contributed by atoms with E-state index in [0.29, 0.717) is 11.7 Å². The number of rotatable bonds is 4. The number of anilines is 2. The van der Waals surface area contributed by atoms with Gasteiger partial charge in [0.15, 0.2) is 0 Å². The minimum absolute atomic E-state index is 0.282. The van der Waals surface area contributed by atoms with Crippen molar-refractivity contribution in [1.29, 1.82) is 0 Å². The van der Waals surface area contributed by atoms with Crippen LogP contribution < -0.4 is 10.2 Å². The zero-order valence-corrected chi connectivity index (χ0v) is 13.7. The fourth-order valence-corrected chi connectivity index (χ4v) is 3.12. The molecule has 1 unspecified atom stereocenters. The summed E-state index contributed by atoms with van der Waals surface area (Å²) in [5.41, 5.74) is 0.689. The summed E-state index contributed by atoms with van der Waals surface area (Å²) in [7, 11) is 0. The van der Waals surface area contributed by atoms with Gasteiger partial charge in [-0.2, -0.15) is 0 Å². The van der Waals surface area contributed by atoms with Crippen LogP contribution in [0.4, 0.5) is 15.9 Å². The highest BCUT2D eigenvalue weighted by atomic mass is 19.1. The van der Waals surface area contributed by atoms with Gasteiger partial charge in [0.05, 0.1) is 0 Å². The van der Waals surface area contributed by atoms with E-state index < -0.39 is 5.82 Å². The van der Waals surface area contributed by atoms with Crippen molar-refractivity contribution < 1.29 is 9.18 Å². The zero-order chi connectivity index (χ0) is 16.9. The Bertz CT molecular complexity index is 722. The van der Waals surface area contributed by atoms with E-state index in [1.165, 1.54) is 24.9 Å². The molecule has 0 saturated carbocycles. The first-order valence-corrected chi connectivity index (χ1v) is 8.33. The van der Waals surface area contributed by atoms with Gasteiger partial charge in [0, 0.05) is 24.3 Å². The number of nitrogens with one attached hydrogen (secondary N) is 1. The van der Waals surface area contributed by atoms with Crippen molar-refractivity contribution in [3.8, 4) is 0 Å². The Hall–Kier alpha value is -2.50. The highest BCUT2D eigenvalue weighted by Gasteiger charge is 2.23. The van der Waals surface area contributed by atoms with Gasteiger partial charge in [0.25, 0.3) is 5.91 Å². The molecule has 1 aliphatic rings. The number of hydrogen-bond donors (Lipinski definition) is 1. The van der Waals surface area contributed by atoms with E-state index in [1.807, 2.05) is 0 Å². The molecular formula is C18H21FN4O. The van der Waals surface area contributed by atoms with Gasteiger partial charge in [-0.15, -0.1) is 0 Å². The van der Waals surface area contributed by atoms with Gasteiger partial charge < -0.3 is 10.2 Å². The highest BCUT2D eigenvalue weighted by Crippen LogP contribution is 2.25. The quantitative estimate of drug-likeness (QED) is 0.931. The van der Waals surface area contributed by atoms with Crippen molar-refractivity contribution in [3.05, 3.63) is 48.2 Å². The predicted molar refractivity (Wildman–Crippen MR) is 91.7 cm³/mol. The lowest BCUT2D eigenvalue weighted by molar-refractivity contribution is 0.102. The van der Waals surface area contributed by atoms with Crippen LogP contribution in [0.5, 0.6) is 0 Å². The molecule has 3 rings (SSSR count). The number of amides is 1. The Morgan fingerprint density at radius 3 is 3.00 bits per heavy atom. The van der Waals surface area contributed by atoms with E-state index in [9.17, 15) is 9.18 Å². The molecule has 1 aromatic heterocycles.